The number of unbranched alkanes of at least 4 members (excludes halogenated alkanes) is 4. The summed E-state index contributed by atoms with van der Waals surface area (Å²) in [7, 11) is 0. The van der Waals surface area contributed by atoms with Gasteiger partial charge in [0.25, 0.3) is 0 Å². The Bertz CT molecular complexity index is 559. The van der Waals surface area contributed by atoms with Gasteiger partial charge in [0.15, 0.2) is 17.5 Å². The Hall–Kier alpha value is -1.15. The van der Waals surface area contributed by atoms with Gasteiger partial charge in [-0.05, 0) is 30.9 Å². The minimum Gasteiger partial charge on any atom is -0.395 e. The third-order valence-corrected chi connectivity index (χ3v) is 4.88. The Morgan fingerprint density at radius 1 is 0.840 bits per heavy atom. The molecule has 1 aliphatic heterocycles. The largest absolute Gasteiger partial charge is 0.395 e. The second kappa shape index (κ2) is 9.52. The molecule has 1 fully saturated rings. The standard InChI is InChI=1S/C18H26F3NO3/c19-12-9-8-11(15(20)16(12)21)6-4-2-1-3-5-7-13-17(24)18(25)14(10-23)22-13/h8-9,13-14,17-18,22-25H,1-7,10H2/t13-,14-,17-,18-/m1/s1. The van der Waals surface area contributed by atoms with Crippen LogP contribution in [0.25, 0.3) is 0 Å². The fourth-order valence-electron chi connectivity index (χ4n) is 3.33. The number of hydrogen-bond acceptors (Lipinski definition) is 4. The first-order valence-electron chi connectivity index (χ1n) is 8.81. The van der Waals surface area contributed by atoms with Crippen LogP contribution in [0.1, 0.15) is 44.1 Å². The monoisotopic (exact) mass is 361 g/mol. The summed E-state index contributed by atoms with van der Waals surface area (Å²) in [6.45, 7) is -0.213. The van der Waals surface area contributed by atoms with Gasteiger partial charge >= 0.3 is 0 Å². The lowest BCUT2D eigenvalue weighted by molar-refractivity contribution is 0.0186. The molecule has 0 radical (unpaired) electrons. The molecule has 0 amide bonds. The summed E-state index contributed by atoms with van der Waals surface area (Å²) in [6, 6.07) is 1.53. The van der Waals surface area contributed by atoms with Crippen molar-refractivity contribution < 1.29 is 28.5 Å². The lowest BCUT2D eigenvalue weighted by Gasteiger charge is -2.15. The van der Waals surface area contributed by atoms with Gasteiger partial charge < -0.3 is 20.6 Å². The summed E-state index contributed by atoms with van der Waals surface area (Å²) in [5, 5.41) is 31.7. The molecule has 0 unspecified atom stereocenters. The first-order chi connectivity index (χ1) is 12.0. The summed E-state index contributed by atoms with van der Waals surface area (Å²) >= 11 is 0. The van der Waals surface area contributed by atoms with E-state index < -0.39 is 35.7 Å². The van der Waals surface area contributed by atoms with Gasteiger partial charge in [-0.1, -0.05) is 31.7 Å². The quantitative estimate of drug-likeness (QED) is 0.401. The minimum absolute atomic E-state index is 0.196. The molecule has 7 heteroatoms. The topological polar surface area (TPSA) is 72.7 Å². The van der Waals surface area contributed by atoms with Crippen LogP contribution in [-0.4, -0.2) is 46.2 Å². The highest BCUT2D eigenvalue weighted by atomic mass is 19.2. The molecule has 0 spiro atoms. The van der Waals surface area contributed by atoms with Crippen molar-refractivity contribution in [2.24, 2.45) is 0 Å². The minimum atomic E-state index is -1.41. The van der Waals surface area contributed by atoms with Gasteiger partial charge in [0.05, 0.1) is 24.9 Å². The second-order valence-electron chi connectivity index (χ2n) is 6.68. The molecule has 0 aromatic heterocycles. The Kier molecular flexibility index (Phi) is 7.68. The van der Waals surface area contributed by atoms with E-state index in [1.807, 2.05) is 0 Å². The van der Waals surface area contributed by atoms with E-state index in [0.717, 1.165) is 31.7 Å². The van der Waals surface area contributed by atoms with Crippen LogP contribution in [0, 0.1) is 17.5 Å². The number of benzene rings is 1. The lowest BCUT2D eigenvalue weighted by atomic mass is 10.0. The predicted octanol–water partition coefficient (Wildman–Crippen LogP) is 2.04. The maximum absolute atomic E-state index is 13.5. The van der Waals surface area contributed by atoms with E-state index in [2.05, 4.69) is 5.32 Å². The zero-order chi connectivity index (χ0) is 18.4. The van der Waals surface area contributed by atoms with Gasteiger partial charge in [-0.25, -0.2) is 13.2 Å². The van der Waals surface area contributed by atoms with E-state index in [9.17, 15) is 23.4 Å². The molecule has 4 nitrogen and oxygen atoms in total. The zero-order valence-corrected chi connectivity index (χ0v) is 14.1. The molecule has 25 heavy (non-hydrogen) atoms. The summed E-state index contributed by atoms with van der Waals surface area (Å²) in [5.41, 5.74) is 0.196. The van der Waals surface area contributed by atoms with Crippen LogP contribution in [0.15, 0.2) is 12.1 Å². The van der Waals surface area contributed by atoms with Crippen LogP contribution in [0.5, 0.6) is 0 Å². The summed E-state index contributed by atoms with van der Waals surface area (Å²) in [4.78, 5) is 0. The molecule has 4 N–H and O–H groups in total. The molecule has 1 aliphatic rings. The second-order valence-corrected chi connectivity index (χ2v) is 6.68. The highest BCUT2D eigenvalue weighted by Crippen LogP contribution is 2.20. The van der Waals surface area contributed by atoms with Gasteiger partial charge in [0.2, 0.25) is 0 Å². The Balaban J connectivity index is 1.59. The molecular formula is C18H26F3NO3. The molecule has 4 atom stereocenters. The summed E-state index contributed by atoms with van der Waals surface area (Å²) < 4.78 is 39.5. The van der Waals surface area contributed by atoms with Crippen molar-refractivity contribution in [1.82, 2.24) is 5.32 Å². The summed E-state index contributed by atoms with van der Waals surface area (Å²) in [5.74, 6) is -3.68. The summed E-state index contributed by atoms with van der Waals surface area (Å²) in [6.07, 6.45) is 3.50. The van der Waals surface area contributed by atoms with Crippen molar-refractivity contribution in [3.8, 4) is 0 Å². The van der Waals surface area contributed by atoms with E-state index in [4.69, 9.17) is 5.11 Å². The highest BCUT2D eigenvalue weighted by molar-refractivity contribution is 5.20. The number of halogens is 3. The van der Waals surface area contributed by atoms with Crippen LogP contribution >= 0.6 is 0 Å². The van der Waals surface area contributed by atoms with Gasteiger partial charge in [0, 0.05) is 6.04 Å². The lowest BCUT2D eigenvalue weighted by Crippen LogP contribution is -2.36. The number of rotatable bonds is 9. The SMILES string of the molecule is OC[C@H]1N[C@H](CCCCCCCc2ccc(F)c(F)c2F)[C@@H](O)[C@@H]1O. The van der Waals surface area contributed by atoms with E-state index in [0.29, 0.717) is 19.3 Å². The molecule has 0 saturated carbocycles. The van der Waals surface area contributed by atoms with Gasteiger partial charge in [0.1, 0.15) is 0 Å². The van der Waals surface area contributed by atoms with Crippen molar-refractivity contribution in [2.45, 2.75) is 69.2 Å². The molecular weight excluding hydrogens is 335 g/mol. The molecule has 1 saturated heterocycles. The van der Waals surface area contributed by atoms with Gasteiger partial charge in [-0.2, -0.15) is 0 Å². The van der Waals surface area contributed by atoms with Crippen LogP contribution in [0.3, 0.4) is 0 Å². The highest BCUT2D eigenvalue weighted by Gasteiger charge is 2.39. The van der Waals surface area contributed by atoms with Crippen molar-refractivity contribution in [3.63, 3.8) is 0 Å². The van der Waals surface area contributed by atoms with Crippen molar-refractivity contribution in [2.75, 3.05) is 6.61 Å². The normalized spacial score (nSPS) is 26.3. The molecule has 142 valence electrons. The van der Waals surface area contributed by atoms with E-state index >= 15 is 0 Å². The maximum Gasteiger partial charge on any atom is 0.194 e. The molecule has 1 aromatic rings. The number of aryl methyl sites for hydroxylation is 1. The fraction of sp³-hybridized carbons (Fsp3) is 0.667. The molecule has 2 rings (SSSR count). The van der Waals surface area contributed by atoms with E-state index in [-0.39, 0.29) is 18.2 Å². The number of nitrogens with one attached hydrogen (secondary N) is 1. The average Bonchev–Trinajstić information content (AvgIpc) is 2.88. The Morgan fingerprint density at radius 3 is 2.16 bits per heavy atom. The van der Waals surface area contributed by atoms with Crippen LogP contribution in [0.4, 0.5) is 13.2 Å². The Labute approximate surface area is 145 Å². The molecule has 0 bridgehead atoms. The van der Waals surface area contributed by atoms with E-state index in [1.54, 1.807) is 0 Å². The van der Waals surface area contributed by atoms with Crippen molar-refractivity contribution in [1.29, 1.82) is 0 Å². The average molecular weight is 361 g/mol. The van der Waals surface area contributed by atoms with Gasteiger partial charge in [-0.3, -0.25) is 0 Å². The van der Waals surface area contributed by atoms with Crippen LogP contribution < -0.4 is 5.32 Å². The smallest absolute Gasteiger partial charge is 0.194 e. The number of aliphatic hydroxyl groups is 3. The zero-order valence-electron chi connectivity index (χ0n) is 14.1. The van der Waals surface area contributed by atoms with Crippen LogP contribution in [-0.2, 0) is 6.42 Å². The third kappa shape index (κ3) is 5.17. The first kappa shape index (κ1) is 20.2. The number of hydrogen-bond donors (Lipinski definition) is 4. The first-order valence-corrected chi connectivity index (χ1v) is 8.81. The molecule has 1 heterocycles. The van der Waals surface area contributed by atoms with Crippen molar-refractivity contribution >= 4 is 0 Å². The third-order valence-electron chi connectivity index (χ3n) is 4.88. The predicted molar refractivity (Wildman–Crippen MR) is 87.5 cm³/mol. The fourth-order valence-corrected chi connectivity index (χ4v) is 3.33. The van der Waals surface area contributed by atoms with E-state index in [1.165, 1.54) is 6.07 Å². The van der Waals surface area contributed by atoms with Crippen molar-refractivity contribution in [3.05, 3.63) is 35.1 Å². The number of aliphatic hydroxyl groups excluding tert-OH is 3. The molecule has 1 aromatic carbocycles. The Morgan fingerprint density at radius 2 is 1.48 bits per heavy atom. The molecule has 0 aliphatic carbocycles. The van der Waals surface area contributed by atoms with Gasteiger partial charge in [-0.15, -0.1) is 0 Å². The maximum atomic E-state index is 13.5. The van der Waals surface area contributed by atoms with Crippen LogP contribution in [0.2, 0.25) is 0 Å².